The predicted octanol–water partition coefficient (Wildman–Crippen LogP) is 5.85. The predicted molar refractivity (Wildman–Crippen MR) is 188 cm³/mol. The van der Waals surface area contributed by atoms with E-state index in [1.165, 1.54) is 16.7 Å². The number of nitrogens with zero attached hydrogens (tertiary/aromatic N) is 2. The average Bonchev–Trinajstić information content (AvgIpc) is 3.68. The minimum atomic E-state index is -0.869. The third kappa shape index (κ3) is 8.06. The van der Waals surface area contributed by atoms with Crippen LogP contribution in [0.15, 0.2) is 24.3 Å². The molecule has 0 radical (unpaired) electrons. The van der Waals surface area contributed by atoms with Gasteiger partial charge < -0.3 is 31.6 Å². The van der Waals surface area contributed by atoms with E-state index in [0.29, 0.717) is 24.2 Å². The molecule has 0 unspecified atom stereocenters. The first-order chi connectivity index (χ1) is 22.8. The van der Waals surface area contributed by atoms with E-state index < -0.39 is 11.9 Å². The van der Waals surface area contributed by atoms with Crippen molar-refractivity contribution in [2.45, 2.75) is 80.1 Å². The smallest absolute Gasteiger partial charge is 0.303 e. The molecule has 2 aliphatic rings. The number of hydrogen-bond donors (Lipinski definition) is 6. The number of primary amides is 2. The molecule has 3 aromatic heterocycles. The van der Waals surface area contributed by atoms with Crippen molar-refractivity contribution < 1.29 is 29.4 Å². The molecule has 0 saturated heterocycles. The van der Waals surface area contributed by atoms with Crippen LogP contribution >= 0.6 is 0 Å². The minimum Gasteiger partial charge on any atom is -0.481 e. The van der Waals surface area contributed by atoms with Crippen molar-refractivity contribution in [3.05, 3.63) is 69.3 Å². The van der Waals surface area contributed by atoms with Crippen molar-refractivity contribution in [2.75, 3.05) is 0 Å². The summed E-state index contributed by atoms with van der Waals surface area (Å²) >= 11 is 0. The molecule has 0 aliphatic carbocycles. The Morgan fingerprint density at radius 1 is 0.646 bits per heavy atom. The molecule has 0 saturated carbocycles. The summed E-state index contributed by atoms with van der Waals surface area (Å²) in [4.78, 5) is 57.5. The van der Waals surface area contributed by atoms with Crippen molar-refractivity contribution in [1.29, 1.82) is 0 Å². The number of H-pyrrole nitrogens is 2. The van der Waals surface area contributed by atoms with E-state index in [4.69, 9.17) is 19.6 Å². The van der Waals surface area contributed by atoms with E-state index >= 15 is 0 Å². The number of rotatable bonds is 8. The molecule has 2 amide bonds. The number of hydrogen-bond acceptors (Lipinski definition) is 6. The van der Waals surface area contributed by atoms with Crippen LogP contribution in [0.25, 0.3) is 44.4 Å². The number of aliphatic carboxylic acids is 2. The lowest BCUT2D eigenvalue weighted by molar-refractivity contribution is -0.137. The van der Waals surface area contributed by atoms with Gasteiger partial charge >= 0.3 is 11.9 Å². The van der Waals surface area contributed by atoms with E-state index in [9.17, 15) is 19.8 Å². The Morgan fingerprint density at radius 3 is 1.38 bits per heavy atom. The Hall–Kier alpha value is -5.52. The third-order valence-electron chi connectivity index (χ3n) is 8.69. The van der Waals surface area contributed by atoms with E-state index in [-0.39, 0.29) is 25.7 Å². The van der Waals surface area contributed by atoms with E-state index in [1.807, 2.05) is 26.0 Å². The fraction of sp³-hybridized carbons (Fsp3) is 0.333. The number of carbonyl (C=O) groups excluding carboxylic acids is 2. The number of aromatic nitrogens is 4. The third-order valence-corrected chi connectivity index (χ3v) is 8.69. The van der Waals surface area contributed by atoms with E-state index in [2.05, 4.69) is 61.3 Å². The van der Waals surface area contributed by atoms with Gasteiger partial charge in [-0.3, -0.25) is 19.2 Å². The Balaban J connectivity index is 0.000000969. The number of carbonyl (C=O) groups is 4. The molecule has 0 spiro atoms. The highest BCUT2D eigenvalue weighted by Crippen LogP contribution is 2.38. The van der Waals surface area contributed by atoms with Gasteiger partial charge in [0, 0.05) is 34.9 Å². The van der Waals surface area contributed by atoms with Gasteiger partial charge in [0.15, 0.2) is 0 Å². The number of aromatic amines is 2. The fourth-order valence-corrected chi connectivity index (χ4v) is 6.22. The Morgan fingerprint density at radius 2 is 1.00 bits per heavy atom. The molecule has 5 heterocycles. The van der Waals surface area contributed by atoms with Gasteiger partial charge in [-0.15, -0.1) is 0 Å². The maximum Gasteiger partial charge on any atom is 0.303 e. The molecule has 12 heteroatoms. The van der Waals surface area contributed by atoms with Crippen LogP contribution in [0.3, 0.4) is 0 Å². The van der Waals surface area contributed by atoms with Gasteiger partial charge in [-0.2, -0.15) is 0 Å². The van der Waals surface area contributed by atoms with Crippen LogP contribution in [0, 0.1) is 13.8 Å². The van der Waals surface area contributed by atoms with E-state index in [1.54, 1.807) is 0 Å². The van der Waals surface area contributed by atoms with Gasteiger partial charge in [0.1, 0.15) is 0 Å². The maximum atomic E-state index is 11.5. The minimum absolute atomic E-state index is 0.0138. The molecule has 0 atom stereocenters. The van der Waals surface area contributed by atoms with Gasteiger partial charge in [0.25, 0.3) is 0 Å². The zero-order chi connectivity index (χ0) is 35.7. The molecule has 8 N–H and O–H groups in total. The summed E-state index contributed by atoms with van der Waals surface area (Å²) in [7, 11) is 0. The first-order valence-electron chi connectivity index (χ1n) is 15.7. The number of fused-ring (bicyclic) bond motifs is 8. The van der Waals surface area contributed by atoms with Crippen LogP contribution in [0.1, 0.15) is 98.4 Å². The van der Waals surface area contributed by atoms with Crippen LogP contribution in [0.2, 0.25) is 0 Å². The molecule has 0 aromatic carbocycles. The lowest BCUT2D eigenvalue weighted by atomic mass is 9.98. The zero-order valence-electron chi connectivity index (χ0n) is 28.3. The van der Waals surface area contributed by atoms with Crippen molar-refractivity contribution >= 4 is 69.1 Å². The summed E-state index contributed by atoms with van der Waals surface area (Å²) in [5.41, 5.74) is 23.7. The molecule has 8 bridgehead atoms. The van der Waals surface area contributed by atoms with Crippen molar-refractivity contribution in [3.63, 3.8) is 0 Å². The van der Waals surface area contributed by atoms with Crippen LogP contribution in [-0.2, 0) is 32.0 Å². The summed E-state index contributed by atoms with van der Waals surface area (Å²) in [6, 6.07) is 8.19. The first-order valence-corrected chi connectivity index (χ1v) is 15.7. The molecule has 254 valence electrons. The SMILES string of the molecule is CCc1c(C)c2cc3[nH]c(cc4nc(cc5nc(cc1[nH]2)C(C)=C5CCC(=O)O)C(CCC(=O)O)=C4C)c(C)c3CC.NC=O.NC=O. The van der Waals surface area contributed by atoms with Crippen LogP contribution < -0.4 is 11.5 Å². The van der Waals surface area contributed by atoms with Crippen LogP contribution in [0.4, 0.5) is 0 Å². The lowest BCUT2D eigenvalue weighted by Gasteiger charge is -2.05. The normalized spacial score (nSPS) is 12.1. The number of allylic oxidation sites excluding steroid dienone is 4. The average molecular weight is 657 g/mol. The van der Waals surface area contributed by atoms with Gasteiger partial charge in [-0.05, 0) is 122 Å². The number of nitrogens with one attached hydrogen (secondary N) is 2. The molecule has 5 rings (SSSR count). The molecule has 12 nitrogen and oxygen atoms in total. The second-order valence-corrected chi connectivity index (χ2v) is 11.4. The highest BCUT2D eigenvalue weighted by Gasteiger charge is 2.22. The standard InChI is InChI=1S/C34H38N4O4.2CH3NO/c1-7-21-17(3)25-13-26-19(5)23(9-11-33(39)40)31(37-26)16-32-24(10-12-34(41)42)20(6)28(38-32)15-30-22(8-2)18(4)27(36-30)14-29(21)35-25;2*2-1-3/h13-16,35-36H,7-12H2,1-6H3,(H,39,40)(H,41,42);2*1H,(H2,2,3). The van der Waals surface area contributed by atoms with Crippen molar-refractivity contribution in [3.8, 4) is 0 Å². The van der Waals surface area contributed by atoms with Crippen LogP contribution in [-0.4, -0.2) is 54.9 Å². The summed E-state index contributed by atoms with van der Waals surface area (Å²) < 4.78 is 0. The molecular formula is C36H44N6O6. The summed E-state index contributed by atoms with van der Waals surface area (Å²) in [6.07, 6.45) is 2.87. The van der Waals surface area contributed by atoms with Gasteiger partial charge in [0.2, 0.25) is 12.8 Å². The second-order valence-electron chi connectivity index (χ2n) is 11.4. The highest BCUT2D eigenvalue weighted by atomic mass is 16.4. The van der Waals surface area contributed by atoms with Crippen molar-refractivity contribution in [1.82, 2.24) is 19.9 Å². The number of nitrogens with two attached hydrogens (primary N) is 2. The molecule has 0 fully saturated rings. The Bertz CT molecular complexity index is 1960. The number of carboxylic acid groups (broad SMARTS) is 2. The quantitative estimate of drug-likeness (QED) is 0.161. The summed E-state index contributed by atoms with van der Waals surface area (Å²) in [6.45, 7) is 12.5. The van der Waals surface area contributed by atoms with Gasteiger partial charge in [0.05, 0.1) is 22.8 Å². The highest BCUT2D eigenvalue weighted by molar-refractivity contribution is 5.96. The second kappa shape index (κ2) is 16.3. The zero-order valence-corrected chi connectivity index (χ0v) is 28.3. The van der Waals surface area contributed by atoms with Crippen LogP contribution in [0.5, 0.6) is 0 Å². The van der Waals surface area contributed by atoms with E-state index in [0.717, 1.165) is 74.2 Å². The molecule has 3 aromatic rings. The number of aryl methyl sites for hydroxylation is 4. The summed E-state index contributed by atoms with van der Waals surface area (Å²) in [5.74, 6) is -1.74. The molecule has 2 aliphatic heterocycles. The topological polar surface area (TPSA) is 218 Å². The van der Waals surface area contributed by atoms with Gasteiger partial charge in [-0.1, -0.05) is 13.8 Å². The lowest BCUT2D eigenvalue weighted by Crippen LogP contribution is -1.97. The summed E-state index contributed by atoms with van der Waals surface area (Å²) in [5, 5.41) is 18.9. The molecule has 48 heavy (non-hydrogen) atoms. The van der Waals surface area contributed by atoms with Crippen molar-refractivity contribution in [2.24, 2.45) is 11.5 Å². The Kier molecular flexibility index (Phi) is 12.6. The fourth-order valence-electron chi connectivity index (χ4n) is 6.22. The maximum absolute atomic E-state index is 11.5. The largest absolute Gasteiger partial charge is 0.481 e. The Labute approximate surface area is 279 Å². The monoisotopic (exact) mass is 656 g/mol. The first kappa shape index (κ1) is 36.9. The number of amides is 2. The molecular weight excluding hydrogens is 612 g/mol. The van der Waals surface area contributed by atoms with Gasteiger partial charge in [-0.25, -0.2) is 9.97 Å². The number of carboxylic acids is 2.